The van der Waals surface area contributed by atoms with E-state index < -0.39 is 6.16 Å². The first-order valence-electron chi connectivity index (χ1n) is 0.651. The second kappa shape index (κ2) is 24.9. The minimum absolute atomic E-state index is 0. The van der Waals surface area contributed by atoms with Crippen LogP contribution in [0.25, 0.3) is 0 Å². The van der Waals surface area contributed by atoms with Crippen LogP contribution in [0.15, 0.2) is 0 Å². The molecular formula is C2H9Cl2NaO3. The summed E-state index contributed by atoms with van der Waals surface area (Å²) in [7, 11) is 0. The molecule has 6 heteroatoms. The second-order valence-electron chi connectivity index (χ2n) is 0.283. The van der Waals surface area contributed by atoms with Gasteiger partial charge in [0.25, 0.3) is 0 Å². The number of hydrogen-bond donors (Lipinski definition) is 2. The molecule has 0 aromatic carbocycles. The van der Waals surface area contributed by atoms with Gasteiger partial charge in [-0.3, -0.25) is 0 Å². The van der Waals surface area contributed by atoms with Crippen molar-refractivity contribution in [1.82, 2.24) is 0 Å². The van der Waals surface area contributed by atoms with Crippen LogP contribution in [-0.4, -0.2) is 45.9 Å². The summed E-state index contributed by atoms with van der Waals surface area (Å²) in [5.41, 5.74) is 0. The van der Waals surface area contributed by atoms with E-state index in [-0.39, 0.29) is 61.8 Å². The maximum absolute atomic E-state index is 8.56. The van der Waals surface area contributed by atoms with Crippen molar-refractivity contribution in [3.8, 4) is 0 Å². The van der Waals surface area contributed by atoms with Crippen molar-refractivity contribution in [2.75, 3.05) is 0 Å². The molecule has 3 nitrogen and oxygen atoms in total. The topological polar surface area (TPSA) is 57.5 Å². The summed E-state index contributed by atoms with van der Waals surface area (Å²) in [4.78, 5) is 8.56. The molecule has 0 unspecified atom stereocenters. The van der Waals surface area contributed by atoms with Crippen molar-refractivity contribution in [2.24, 2.45) is 0 Å². The van der Waals surface area contributed by atoms with E-state index in [2.05, 4.69) is 0 Å². The van der Waals surface area contributed by atoms with Crippen molar-refractivity contribution >= 4 is 60.5 Å². The van der Waals surface area contributed by atoms with E-state index in [0.717, 1.165) is 0 Å². The quantitative estimate of drug-likeness (QED) is 0.541. The standard InChI is InChI=1S/CH2O3.CH4.2ClH.Na.H/c2-1(3)4;;;;;/h(H2,2,3,4);1H4;2*1H;;. The van der Waals surface area contributed by atoms with Gasteiger partial charge in [0.15, 0.2) is 0 Å². The summed E-state index contributed by atoms with van der Waals surface area (Å²) >= 11 is 0. The molecule has 0 amide bonds. The molecule has 50 valence electrons. The Kier molecular flexibility index (Phi) is 114. The fourth-order valence-electron chi connectivity index (χ4n) is 0. The Bertz CT molecular complexity index is 38.3. The maximum atomic E-state index is 8.56. The molecule has 0 radical (unpaired) electrons. The zero-order valence-corrected chi connectivity index (χ0v) is 4.25. The third kappa shape index (κ3) is 324. The average molecular weight is 175 g/mol. The molecule has 0 aromatic rings. The molecule has 0 aliphatic heterocycles. The van der Waals surface area contributed by atoms with Gasteiger partial charge in [-0.15, -0.1) is 24.8 Å². The summed E-state index contributed by atoms with van der Waals surface area (Å²) in [6.07, 6.45) is -1.83. The van der Waals surface area contributed by atoms with Gasteiger partial charge in [-0.05, 0) is 0 Å². The SMILES string of the molecule is C.Cl.Cl.O=C(O)O.[NaH]. The van der Waals surface area contributed by atoms with Crippen LogP contribution in [-0.2, 0) is 0 Å². The van der Waals surface area contributed by atoms with E-state index in [0.29, 0.717) is 0 Å². The third-order valence-electron chi connectivity index (χ3n) is 0. The summed E-state index contributed by atoms with van der Waals surface area (Å²) in [6.45, 7) is 0. The minimum atomic E-state index is -1.83. The van der Waals surface area contributed by atoms with E-state index in [1.807, 2.05) is 0 Å². The van der Waals surface area contributed by atoms with Gasteiger partial charge in [0.05, 0.1) is 0 Å². The van der Waals surface area contributed by atoms with E-state index in [1.165, 1.54) is 0 Å². The second-order valence-corrected chi connectivity index (χ2v) is 0.283. The van der Waals surface area contributed by atoms with E-state index in [1.54, 1.807) is 0 Å². The average Bonchev–Trinajstić information content (AvgIpc) is 0.811. The summed E-state index contributed by atoms with van der Waals surface area (Å²) in [5.74, 6) is 0. The van der Waals surface area contributed by atoms with Crippen LogP contribution in [0, 0.1) is 0 Å². The van der Waals surface area contributed by atoms with E-state index in [9.17, 15) is 0 Å². The van der Waals surface area contributed by atoms with E-state index in [4.69, 9.17) is 15.0 Å². The van der Waals surface area contributed by atoms with Crippen LogP contribution in [0.1, 0.15) is 7.43 Å². The molecule has 0 aliphatic rings. The Hall–Kier alpha value is 0.850. The number of carboxylic acid groups (broad SMARTS) is 2. The van der Waals surface area contributed by atoms with Crippen LogP contribution < -0.4 is 0 Å². The normalized spacial score (nSPS) is 3.00. The van der Waals surface area contributed by atoms with Crippen LogP contribution in [0.5, 0.6) is 0 Å². The molecule has 0 aliphatic carbocycles. The first-order chi connectivity index (χ1) is 1.73. The first kappa shape index (κ1) is 36.8. The zero-order valence-electron chi connectivity index (χ0n) is 2.62. The molecular weight excluding hydrogens is 166 g/mol. The van der Waals surface area contributed by atoms with Gasteiger partial charge in [-0.1, -0.05) is 7.43 Å². The molecule has 0 rings (SSSR count). The number of halogens is 2. The molecule has 0 bridgehead atoms. The van der Waals surface area contributed by atoms with Crippen molar-refractivity contribution < 1.29 is 15.0 Å². The molecule has 2 N–H and O–H groups in total. The number of carbonyl (C=O) groups is 1. The molecule has 0 fully saturated rings. The molecule has 0 heterocycles. The van der Waals surface area contributed by atoms with Crippen molar-refractivity contribution in [3.05, 3.63) is 0 Å². The van der Waals surface area contributed by atoms with E-state index >= 15 is 0 Å². The molecule has 0 saturated carbocycles. The Labute approximate surface area is 82.6 Å². The summed E-state index contributed by atoms with van der Waals surface area (Å²) in [6, 6.07) is 0. The van der Waals surface area contributed by atoms with Gasteiger partial charge in [0.1, 0.15) is 0 Å². The third-order valence-corrected chi connectivity index (χ3v) is 0. The molecule has 0 spiro atoms. The van der Waals surface area contributed by atoms with Crippen molar-refractivity contribution in [1.29, 1.82) is 0 Å². The Morgan fingerprint density at radius 2 is 1.12 bits per heavy atom. The molecule has 8 heavy (non-hydrogen) atoms. The van der Waals surface area contributed by atoms with Crippen LogP contribution in [0.2, 0.25) is 0 Å². The fourth-order valence-corrected chi connectivity index (χ4v) is 0. The number of rotatable bonds is 0. The molecule has 0 aromatic heterocycles. The monoisotopic (exact) mass is 174 g/mol. The Balaban J connectivity index is -0.00000000750. The first-order valence-corrected chi connectivity index (χ1v) is 0.651. The van der Waals surface area contributed by atoms with Crippen LogP contribution in [0.4, 0.5) is 4.79 Å². The molecule has 0 saturated heterocycles. The zero-order chi connectivity index (χ0) is 3.58. The van der Waals surface area contributed by atoms with Gasteiger partial charge in [0.2, 0.25) is 0 Å². The van der Waals surface area contributed by atoms with Gasteiger partial charge in [-0.2, -0.15) is 0 Å². The van der Waals surface area contributed by atoms with Gasteiger partial charge < -0.3 is 10.2 Å². The van der Waals surface area contributed by atoms with Gasteiger partial charge in [-0.25, -0.2) is 4.79 Å². The predicted molar refractivity (Wildman–Crippen MR) is 39.0 cm³/mol. The Morgan fingerprint density at radius 1 is 1.12 bits per heavy atom. The Morgan fingerprint density at radius 3 is 1.12 bits per heavy atom. The predicted octanol–water partition coefficient (Wildman–Crippen LogP) is 1.05. The fraction of sp³-hybridized carbons (Fsp3) is 0.500. The summed E-state index contributed by atoms with van der Waals surface area (Å²) < 4.78 is 0. The number of hydrogen-bond acceptors (Lipinski definition) is 1. The van der Waals surface area contributed by atoms with Crippen LogP contribution >= 0.6 is 24.8 Å². The van der Waals surface area contributed by atoms with Crippen molar-refractivity contribution in [3.63, 3.8) is 0 Å². The van der Waals surface area contributed by atoms with Crippen LogP contribution in [0.3, 0.4) is 0 Å². The molecule has 0 atom stereocenters. The van der Waals surface area contributed by atoms with Crippen molar-refractivity contribution in [2.45, 2.75) is 7.43 Å². The van der Waals surface area contributed by atoms with Gasteiger partial charge >= 0.3 is 35.7 Å². The summed E-state index contributed by atoms with van der Waals surface area (Å²) in [5, 5.41) is 13.9. The van der Waals surface area contributed by atoms with Gasteiger partial charge in [0, 0.05) is 0 Å².